The number of nitrogens with zero attached hydrogens (tertiary/aromatic N) is 3. The van der Waals surface area contributed by atoms with Gasteiger partial charge in [0.15, 0.2) is 0 Å². The molecule has 0 saturated carbocycles. The van der Waals surface area contributed by atoms with Crippen LogP contribution in [0, 0.1) is 11.3 Å². The van der Waals surface area contributed by atoms with Gasteiger partial charge in [-0.15, -0.1) is 0 Å². The predicted octanol–water partition coefficient (Wildman–Crippen LogP) is 1.40. The lowest BCUT2D eigenvalue weighted by Crippen LogP contribution is -2.68. The van der Waals surface area contributed by atoms with Crippen LogP contribution >= 0.6 is 0 Å². The van der Waals surface area contributed by atoms with E-state index in [-0.39, 0.29) is 30.9 Å². The van der Waals surface area contributed by atoms with Crippen LogP contribution in [0.1, 0.15) is 21.8 Å². The molecule has 0 spiro atoms. The molecular formula is C24H25N5O3. The molecule has 0 radical (unpaired) electrons. The maximum atomic E-state index is 13.0. The lowest BCUT2D eigenvalue weighted by Gasteiger charge is -2.43. The number of nitriles is 1. The summed E-state index contributed by atoms with van der Waals surface area (Å²) in [6.07, 6.45) is 0. The van der Waals surface area contributed by atoms with Crippen molar-refractivity contribution in [2.75, 3.05) is 51.3 Å². The maximum absolute atomic E-state index is 13.0. The van der Waals surface area contributed by atoms with E-state index in [9.17, 15) is 14.9 Å². The summed E-state index contributed by atoms with van der Waals surface area (Å²) in [5, 5.41) is 12.6. The van der Waals surface area contributed by atoms with Crippen molar-refractivity contribution in [3.8, 4) is 17.2 Å². The van der Waals surface area contributed by atoms with E-state index in [1.54, 1.807) is 9.80 Å². The largest absolute Gasteiger partial charge is 0.383 e. The molecule has 2 fully saturated rings. The zero-order valence-corrected chi connectivity index (χ0v) is 17.7. The fourth-order valence-corrected chi connectivity index (χ4v) is 4.49. The third-order valence-corrected chi connectivity index (χ3v) is 6.54. The second kappa shape index (κ2) is 7.93. The van der Waals surface area contributed by atoms with Gasteiger partial charge < -0.3 is 25.6 Å². The van der Waals surface area contributed by atoms with Crippen LogP contribution in [0.4, 0.5) is 5.69 Å². The first kappa shape index (κ1) is 20.5. The number of nitrogens with two attached hydrogens (primary N) is 1. The summed E-state index contributed by atoms with van der Waals surface area (Å²) in [4.78, 5) is 29.0. The van der Waals surface area contributed by atoms with Gasteiger partial charge in [0.25, 0.3) is 5.91 Å². The summed E-state index contributed by atoms with van der Waals surface area (Å²) in [6, 6.07) is 16.0. The van der Waals surface area contributed by atoms with E-state index in [1.165, 1.54) is 0 Å². The molecule has 2 aromatic carbocycles. The fourth-order valence-electron chi connectivity index (χ4n) is 4.49. The average molecular weight is 431 g/mol. The van der Waals surface area contributed by atoms with Crippen LogP contribution in [0.15, 0.2) is 42.5 Å². The Balaban J connectivity index is 1.24. The smallest absolute Gasteiger partial charge is 0.253 e. The highest BCUT2D eigenvalue weighted by atomic mass is 16.5. The normalized spacial score (nSPS) is 21.2. The van der Waals surface area contributed by atoms with Gasteiger partial charge in [-0.3, -0.25) is 9.59 Å². The van der Waals surface area contributed by atoms with Crippen LogP contribution in [-0.2, 0) is 9.53 Å². The Bertz CT molecular complexity index is 1100. The maximum Gasteiger partial charge on any atom is 0.253 e. The highest BCUT2D eigenvalue weighted by Gasteiger charge is 2.45. The van der Waals surface area contributed by atoms with Crippen molar-refractivity contribution in [1.29, 1.82) is 5.26 Å². The number of nitrogens with one attached hydrogen (secondary N) is 1. The lowest BCUT2D eigenvalue weighted by molar-refractivity contribution is -0.155. The van der Waals surface area contributed by atoms with E-state index >= 15 is 0 Å². The molecule has 1 atom stereocenters. The summed E-state index contributed by atoms with van der Waals surface area (Å²) in [5.41, 5.74) is 9.82. The first-order chi connectivity index (χ1) is 15.5. The highest BCUT2D eigenvalue weighted by molar-refractivity contribution is 5.95. The number of benzene rings is 2. The third-order valence-electron chi connectivity index (χ3n) is 6.54. The molecule has 0 aliphatic carbocycles. The van der Waals surface area contributed by atoms with E-state index in [0.717, 1.165) is 22.4 Å². The van der Waals surface area contributed by atoms with Gasteiger partial charge in [-0.2, -0.15) is 5.26 Å². The van der Waals surface area contributed by atoms with Gasteiger partial charge >= 0.3 is 0 Å². The quantitative estimate of drug-likeness (QED) is 0.760. The van der Waals surface area contributed by atoms with Crippen molar-refractivity contribution in [2.24, 2.45) is 5.73 Å². The number of fused-ring (bicyclic) bond motifs is 1. The molecule has 32 heavy (non-hydrogen) atoms. The van der Waals surface area contributed by atoms with Crippen LogP contribution in [0.25, 0.3) is 11.1 Å². The molecule has 8 nitrogen and oxygen atoms in total. The Morgan fingerprint density at radius 2 is 1.69 bits per heavy atom. The zero-order valence-electron chi connectivity index (χ0n) is 17.7. The number of ether oxygens (including phenoxy) is 1. The third kappa shape index (κ3) is 3.49. The Kier molecular flexibility index (Phi) is 5.08. The van der Waals surface area contributed by atoms with Crippen molar-refractivity contribution in [3.63, 3.8) is 0 Å². The monoisotopic (exact) mass is 431 g/mol. The number of anilines is 1. The minimum absolute atomic E-state index is 0.0409. The van der Waals surface area contributed by atoms with Gasteiger partial charge in [-0.25, -0.2) is 0 Å². The lowest BCUT2D eigenvalue weighted by atomic mass is 9.96. The van der Waals surface area contributed by atoms with E-state index in [0.29, 0.717) is 38.3 Å². The Morgan fingerprint density at radius 3 is 2.31 bits per heavy atom. The first-order valence-electron chi connectivity index (χ1n) is 10.8. The SMILES string of the molecule is N#CC1CNc2ccc(-c3ccc(C(=O)N4CCN(C(=O)C5(N)COC5)CC4)cc3)cc21. The van der Waals surface area contributed by atoms with Crippen molar-refractivity contribution in [2.45, 2.75) is 11.5 Å². The molecular weight excluding hydrogens is 406 g/mol. The molecule has 1 unspecified atom stereocenters. The predicted molar refractivity (Wildman–Crippen MR) is 119 cm³/mol. The number of hydrogen-bond acceptors (Lipinski definition) is 6. The van der Waals surface area contributed by atoms with Crippen LogP contribution in [0.3, 0.4) is 0 Å². The van der Waals surface area contributed by atoms with Gasteiger partial charge in [0, 0.05) is 44.0 Å². The number of carbonyl (C=O) groups excluding carboxylic acids is 2. The van der Waals surface area contributed by atoms with Crippen LogP contribution < -0.4 is 11.1 Å². The topological polar surface area (TPSA) is 112 Å². The number of piperazine rings is 1. The summed E-state index contributed by atoms with van der Waals surface area (Å²) in [7, 11) is 0. The van der Waals surface area contributed by atoms with E-state index in [2.05, 4.69) is 11.4 Å². The Morgan fingerprint density at radius 1 is 1.03 bits per heavy atom. The molecule has 2 amide bonds. The van der Waals surface area contributed by atoms with Gasteiger partial charge in [0.05, 0.1) is 25.2 Å². The molecule has 0 aromatic heterocycles. The average Bonchev–Trinajstić information content (AvgIpc) is 3.24. The highest BCUT2D eigenvalue weighted by Crippen LogP contribution is 2.34. The minimum atomic E-state index is -0.900. The van der Waals surface area contributed by atoms with Gasteiger partial charge in [0.1, 0.15) is 5.54 Å². The molecule has 2 saturated heterocycles. The van der Waals surface area contributed by atoms with E-state index in [1.807, 2.05) is 42.5 Å². The van der Waals surface area contributed by atoms with Crippen molar-refractivity contribution in [3.05, 3.63) is 53.6 Å². The second-order valence-electron chi connectivity index (χ2n) is 8.68. The van der Waals surface area contributed by atoms with E-state index < -0.39 is 5.54 Å². The van der Waals surface area contributed by atoms with Crippen LogP contribution in [0.2, 0.25) is 0 Å². The standard InChI is InChI=1S/C24H25N5O3/c25-12-19-13-27-21-6-5-18(11-20(19)21)16-1-3-17(4-2-16)22(30)28-7-9-29(10-8-28)23(31)24(26)14-32-15-24/h1-6,11,19,27H,7-10,13-15,26H2. The number of carbonyl (C=O) groups is 2. The summed E-state index contributed by atoms with van der Waals surface area (Å²) in [5.74, 6) is -0.272. The molecule has 8 heteroatoms. The fraction of sp³-hybridized carbons (Fsp3) is 0.375. The molecule has 3 N–H and O–H groups in total. The molecule has 0 bridgehead atoms. The minimum Gasteiger partial charge on any atom is -0.383 e. The summed E-state index contributed by atoms with van der Waals surface area (Å²) >= 11 is 0. The van der Waals surface area contributed by atoms with Gasteiger partial charge in [0.2, 0.25) is 5.91 Å². The number of amides is 2. The molecule has 164 valence electrons. The van der Waals surface area contributed by atoms with Crippen molar-refractivity contribution in [1.82, 2.24) is 9.80 Å². The Labute approximate surface area is 186 Å². The number of rotatable bonds is 3. The van der Waals surface area contributed by atoms with Gasteiger partial charge in [-0.05, 0) is 41.0 Å². The van der Waals surface area contributed by atoms with Crippen LogP contribution in [-0.4, -0.2) is 73.1 Å². The van der Waals surface area contributed by atoms with Crippen molar-refractivity contribution < 1.29 is 14.3 Å². The summed E-state index contributed by atoms with van der Waals surface area (Å²) < 4.78 is 5.09. The first-order valence-corrected chi connectivity index (χ1v) is 10.8. The molecule has 2 aromatic rings. The van der Waals surface area contributed by atoms with E-state index in [4.69, 9.17) is 10.5 Å². The van der Waals surface area contributed by atoms with Gasteiger partial charge in [-0.1, -0.05) is 18.2 Å². The Hall–Kier alpha value is -3.41. The van der Waals surface area contributed by atoms with Crippen LogP contribution in [0.5, 0.6) is 0 Å². The molecule has 3 aliphatic heterocycles. The number of hydrogen-bond donors (Lipinski definition) is 2. The zero-order chi connectivity index (χ0) is 22.3. The molecule has 5 rings (SSSR count). The summed E-state index contributed by atoms with van der Waals surface area (Å²) in [6.45, 7) is 3.08. The second-order valence-corrected chi connectivity index (χ2v) is 8.68. The molecule has 3 heterocycles. The molecule has 3 aliphatic rings. The van der Waals surface area contributed by atoms with Crippen molar-refractivity contribution >= 4 is 17.5 Å².